The molecule has 1 fully saturated rings. The molecule has 0 unspecified atom stereocenters. The minimum absolute atomic E-state index is 0.253. The summed E-state index contributed by atoms with van der Waals surface area (Å²) in [5.74, 6) is 0.286. The number of carbonyl (C=O) groups excluding carboxylic acids is 2. The van der Waals surface area contributed by atoms with Crippen molar-refractivity contribution >= 4 is 23.2 Å². The van der Waals surface area contributed by atoms with Gasteiger partial charge in [0.15, 0.2) is 0 Å². The van der Waals surface area contributed by atoms with Gasteiger partial charge >= 0.3 is 0 Å². The SMILES string of the molecule is CC(C)COc1cccc(C(=O)Nc2cc(C(N)=O)ccc2N2CCCC2)c1. The zero-order valence-corrected chi connectivity index (χ0v) is 16.4. The van der Waals surface area contributed by atoms with Crippen LogP contribution in [0, 0.1) is 5.92 Å². The Labute approximate surface area is 165 Å². The number of nitrogens with two attached hydrogens (primary N) is 1. The van der Waals surface area contributed by atoms with Crippen LogP contribution < -0.4 is 20.7 Å². The summed E-state index contributed by atoms with van der Waals surface area (Å²) in [4.78, 5) is 26.7. The smallest absolute Gasteiger partial charge is 0.255 e. The number of ether oxygens (including phenoxy) is 1. The molecule has 1 saturated heterocycles. The Morgan fingerprint density at radius 1 is 1.11 bits per heavy atom. The van der Waals surface area contributed by atoms with Crippen molar-refractivity contribution in [2.45, 2.75) is 26.7 Å². The van der Waals surface area contributed by atoms with Gasteiger partial charge in [-0.05, 0) is 55.2 Å². The standard InChI is InChI=1S/C22H27N3O3/c1-15(2)14-28-18-7-5-6-17(12-18)22(27)24-19-13-16(21(23)26)8-9-20(19)25-10-3-4-11-25/h5-9,12-13,15H,3-4,10-11,14H2,1-2H3,(H2,23,26)(H,24,27). The number of anilines is 2. The second-order valence-corrected chi connectivity index (χ2v) is 7.48. The van der Waals surface area contributed by atoms with E-state index in [0.717, 1.165) is 31.6 Å². The number of nitrogens with one attached hydrogen (secondary N) is 1. The van der Waals surface area contributed by atoms with Gasteiger partial charge in [0.25, 0.3) is 5.91 Å². The summed E-state index contributed by atoms with van der Waals surface area (Å²) >= 11 is 0. The third-order valence-electron chi connectivity index (χ3n) is 4.66. The molecular formula is C22H27N3O3. The van der Waals surface area contributed by atoms with E-state index in [4.69, 9.17) is 10.5 Å². The van der Waals surface area contributed by atoms with E-state index < -0.39 is 5.91 Å². The first-order chi connectivity index (χ1) is 13.4. The second-order valence-electron chi connectivity index (χ2n) is 7.48. The molecular weight excluding hydrogens is 354 g/mol. The lowest BCUT2D eigenvalue weighted by Crippen LogP contribution is -2.22. The van der Waals surface area contributed by atoms with Crippen molar-refractivity contribution in [1.82, 2.24) is 0 Å². The number of primary amides is 1. The van der Waals surface area contributed by atoms with Crippen LogP contribution in [0.4, 0.5) is 11.4 Å². The Morgan fingerprint density at radius 2 is 1.86 bits per heavy atom. The van der Waals surface area contributed by atoms with Gasteiger partial charge in [-0.15, -0.1) is 0 Å². The van der Waals surface area contributed by atoms with E-state index in [0.29, 0.717) is 35.1 Å². The van der Waals surface area contributed by atoms with Crippen LogP contribution in [-0.2, 0) is 0 Å². The normalized spacial score (nSPS) is 13.6. The van der Waals surface area contributed by atoms with Crippen molar-refractivity contribution in [3.8, 4) is 5.75 Å². The molecule has 1 aliphatic heterocycles. The number of rotatable bonds is 7. The van der Waals surface area contributed by atoms with Crippen molar-refractivity contribution < 1.29 is 14.3 Å². The van der Waals surface area contributed by atoms with Gasteiger partial charge in [-0.25, -0.2) is 0 Å². The van der Waals surface area contributed by atoms with Gasteiger partial charge in [0.2, 0.25) is 5.91 Å². The number of carbonyl (C=O) groups is 2. The Balaban J connectivity index is 1.83. The second kappa shape index (κ2) is 8.78. The molecule has 0 bridgehead atoms. The molecule has 0 radical (unpaired) electrons. The number of hydrogen-bond donors (Lipinski definition) is 2. The number of nitrogens with zero attached hydrogens (tertiary/aromatic N) is 1. The summed E-state index contributed by atoms with van der Waals surface area (Å²) in [7, 11) is 0. The van der Waals surface area contributed by atoms with E-state index in [1.165, 1.54) is 0 Å². The topological polar surface area (TPSA) is 84.7 Å². The maximum atomic E-state index is 12.9. The van der Waals surface area contributed by atoms with E-state index in [9.17, 15) is 9.59 Å². The van der Waals surface area contributed by atoms with Gasteiger partial charge in [0.05, 0.1) is 18.0 Å². The van der Waals surface area contributed by atoms with Gasteiger partial charge in [-0.1, -0.05) is 19.9 Å². The maximum absolute atomic E-state index is 12.9. The molecule has 2 amide bonds. The molecule has 1 heterocycles. The highest BCUT2D eigenvalue weighted by atomic mass is 16.5. The molecule has 0 aromatic heterocycles. The van der Waals surface area contributed by atoms with Gasteiger partial charge in [0, 0.05) is 24.2 Å². The molecule has 6 nitrogen and oxygen atoms in total. The lowest BCUT2D eigenvalue weighted by Gasteiger charge is -2.22. The van der Waals surface area contributed by atoms with E-state index in [-0.39, 0.29) is 5.91 Å². The zero-order valence-electron chi connectivity index (χ0n) is 16.4. The fourth-order valence-electron chi connectivity index (χ4n) is 3.21. The lowest BCUT2D eigenvalue weighted by molar-refractivity contribution is 0.0996. The van der Waals surface area contributed by atoms with Crippen LogP contribution in [0.25, 0.3) is 0 Å². The van der Waals surface area contributed by atoms with Crippen LogP contribution in [0.5, 0.6) is 5.75 Å². The average molecular weight is 381 g/mol. The summed E-state index contributed by atoms with van der Waals surface area (Å²) in [6.45, 7) is 6.59. The van der Waals surface area contributed by atoms with Gasteiger partial charge in [-0.2, -0.15) is 0 Å². The summed E-state index contributed by atoms with van der Waals surface area (Å²) in [5.41, 5.74) is 7.79. The summed E-state index contributed by atoms with van der Waals surface area (Å²) < 4.78 is 5.71. The summed E-state index contributed by atoms with van der Waals surface area (Å²) in [6, 6.07) is 12.3. The summed E-state index contributed by atoms with van der Waals surface area (Å²) in [5, 5.41) is 2.95. The monoisotopic (exact) mass is 381 g/mol. The number of hydrogen-bond acceptors (Lipinski definition) is 4. The van der Waals surface area contributed by atoms with Gasteiger partial charge in [-0.3, -0.25) is 9.59 Å². The highest BCUT2D eigenvalue weighted by Gasteiger charge is 2.19. The highest BCUT2D eigenvalue weighted by Crippen LogP contribution is 2.30. The van der Waals surface area contributed by atoms with E-state index >= 15 is 0 Å². The third-order valence-corrected chi connectivity index (χ3v) is 4.66. The predicted molar refractivity (Wildman–Crippen MR) is 111 cm³/mol. The van der Waals surface area contributed by atoms with Crippen molar-refractivity contribution in [3.05, 3.63) is 53.6 Å². The van der Waals surface area contributed by atoms with Crippen molar-refractivity contribution in [1.29, 1.82) is 0 Å². The largest absolute Gasteiger partial charge is 0.493 e. The van der Waals surface area contributed by atoms with Crippen molar-refractivity contribution in [3.63, 3.8) is 0 Å². The Morgan fingerprint density at radius 3 is 2.54 bits per heavy atom. The molecule has 0 aliphatic carbocycles. The molecule has 148 valence electrons. The summed E-state index contributed by atoms with van der Waals surface area (Å²) in [6.07, 6.45) is 2.22. The van der Waals surface area contributed by atoms with E-state index in [1.54, 1.807) is 30.3 Å². The number of benzene rings is 2. The molecule has 2 aromatic rings. The van der Waals surface area contributed by atoms with Crippen LogP contribution >= 0.6 is 0 Å². The molecule has 28 heavy (non-hydrogen) atoms. The molecule has 3 rings (SSSR count). The fraction of sp³-hybridized carbons (Fsp3) is 0.364. The highest BCUT2D eigenvalue weighted by molar-refractivity contribution is 6.07. The van der Waals surface area contributed by atoms with Crippen LogP contribution in [0.15, 0.2) is 42.5 Å². The Hall–Kier alpha value is -3.02. The molecule has 0 saturated carbocycles. The fourth-order valence-corrected chi connectivity index (χ4v) is 3.21. The molecule has 6 heteroatoms. The van der Waals surface area contributed by atoms with Crippen LogP contribution in [0.3, 0.4) is 0 Å². The molecule has 2 aromatic carbocycles. The molecule has 0 atom stereocenters. The average Bonchev–Trinajstić information content (AvgIpc) is 3.21. The first-order valence-electron chi connectivity index (χ1n) is 9.67. The van der Waals surface area contributed by atoms with Crippen LogP contribution in [-0.4, -0.2) is 31.5 Å². The van der Waals surface area contributed by atoms with E-state index in [1.807, 2.05) is 12.1 Å². The van der Waals surface area contributed by atoms with Gasteiger partial charge < -0.3 is 20.7 Å². The minimum Gasteiger partial charge on any atom is -0.493 e. The van der Waals surface area contributed by atoms with Crippen molar-refractivity contribution in [2.24, 2.45) is 11.7 Å². The van der Waals surface area contributed by atoms with Crippen LogP contribution in [0.2, 0.25) is 0 Å². The Kier molecular flexibility index (Phi) is 6.19. The quantitative estimate of drug-likeness (QED) is 0.766. The molecule has 0 spiro atoms. The first kappa shape index (κ1) is 19.7. The van der Waals surface area contributed by atoms with Crippen LogP contribution in [0.1, 0.15) is 47.4 Å². The first-order valence-corrected chi connectivity index (χ1v) is 9.67. The third kappa shape index (κ3) is 4.82. The molecule has 3 N–H and O–H groups in total. The number of amides is 2. The van der Waals surface area contributed by atoms with E-state index in [2.05, 4.69) is 24.1 Å². The zero-order chi connectivity index (χ0) is 20.1. The maximum Gasteiger partial charge on any atom is 0.255 e. The lowest BCUT2D eigenvalue weighted by atomic mass is 10.1. The minimum atomic E-state index is -0.521. The van der Waals surface area contributed by atoms with Crippen molar-refractivity contribution in [2.75, 3.05) is 29.9 Å². The van der Waals surface area contributed by atoms with Gasteiger partial charge in [0.1, 0.15) is 5.75 Å². The predicted octanol–water partition coefficient (Wildman–Crippen LogP) is 3.67. The molecule has 1 aliphatic rings. The Bertz CT molecular complexity index is 858.